The maximum Gasteiger partial charge on any atom is 0.224 e. The number of nitrogens with one attached hydrogen (secondary N) is 3. The number of imidazole rings is 1. The second-order valence-electron chi connectivity index (χ2n) is 11.1. The van der Waals surface area contributed by atoms with Gasteiger partial charge in [-0.25, -0.2) is 9.97 Å². The average Bonchev–Trinajstić information content (AvgIpc) is 3.37. The minimum Gasteiger partial charge on any atom is -0.383 e. The molecule has 8 nitrogen and oxygen atoms in total. The Balaban J connectivity index is 1.50. The smallest absolute Gasteiger partial charge is 0.224 e. The molecule has 5 N–H and O–H groups in total. The van der Waals surface area contributed by atoms with Gasteiger partial charge in [-0.3, -0.25) is 15.2 Å². The van der Waals surface area contributed by atoms with Gasteiger partial charge in [-0.05, 0) is 59.4 Å². The van der Waals surface area contributed by atoms with Crippen molar-refractivity contribution in [1.29, 1.82) is 5.41 Å². The Labute approximate surface area is 233 Å². The van der Waals surface area contributed by atoms with Crippen LogP contribution in [-0.2, 0) is 11.2 Å². The van der Waals surface area contributed by atoms with Gasteiger partial charge in [-0.2, -0.15) is 0 Å². The van der Waals surface area contributed by atoms with Gasteiger partial charge in [0.05, 0.1) is 16.7 Å². The molecule has 0 spiro atoms. The molecule has 5 rings (SSSR count). The average molecular weight is 532 g/mol. The summed E-state index contributed by atoms with van der Waals surface area (Å²) in [6, 6.07) is 19.4. The second-order valence-corrected chi connectivity index (χ2v) is 11.1. The molecule has 3 heterocycles. The maximum absolute atomic E-state index is 12.6. The first-order valence-electron chi connectivity index (χ1n) is 13.3. The number of aromatic nitrogens is 4. The number of pyridine rings is 2. The van der Waals surface area contributed by atoms with Gasteiger partial charge in [0.2, 0.25) is 5.91 Å². The number of hydrogen-bond acceptors (Lipinski definition) is 6. The van der Waals surface area contributed by atoms with Crippen LogP contribution in [0.3, 0.4) is 0 Å². The lowest BCUT2D eigenvalue weighted by Gasteiger charge is -2.18. The van der Waals surface area contributed by atoms with Crippen molar-refractivity contribution >= 4 is 34.2 Å². The van der Waals surface area contributed by atoms with Crippen LogP contribution in [0.25, 0.3) is 33.4 Å². The fourth-order valence-electron chi connectivity index (χ4n) is 4.66. The summed E-state index contributed by atoms with van der Waals surface area (Å²) in [6.45, 7) is 8.19. The van der Waals surface area contributed by atoms with Crippen molar-refractivity contribution in [3.8, 4) is 22.4 Å². The molecule has 1 amide bonds. The fourth-order valence-corrected chi connectivity index (χ4v) is 4.66. The topological polar surface area (TPSA) is 133 Å². The SMILES string of the molecule is CCc1cc(NC(=O)CC(C)(C)C)cc(-c2cnc(N)c(C(=N)c3nc4c(-c5ccccn5)cccc4[nH]3)c2)c1. The number of para-hydroxylation sites is 1. The molecule has 0 atom stereocenters. The number of aryl methyl sites for hydroxylation is 1. The van der Waals surface area contributed by atoms with Crippen molar-refractivity contribution in [3.63, 3.8) is 0 Å². The van der Waals surface area contributed by atoms with E-state index in [1.165, 1.54) is 0 Å². The zero-order valence-electron chi connectivity index (χ0n) is 23.2. The Hall–Kier alpha value is -4.85. The highest BCUT2D eigenvalue weighted by molar-refractivity contribution is 6.13. The molecule has 0 saturated heterocycles. The maximum atomic E-state index is 12.6. The fraction of sp³-hybridized carbons (Fsp3) is 0.219. The molecular formula is C32H33N7O. The van der Waals surface area contributed by atoms with Crippen LogP contribution in [0.4, 0.5) is 11.5 Å². The van der Waals surface area contributed by atoms with E-state index in [2.05, 4.69) is 33.3 Å². The molecule has 0 bridgehead atoms. The van der Waals surface area contributed by atoms with E-state index in [4.69, 9.17) is 16.1 Å². The number of anilines is 2. The van der Waals surface area contributed by atoms with Crippen LogP contribution in [0.15, 0.2) is 73.1 Å². The largest absolute Gasteiger partial charge is 0.383 e. The van der Waals surface area contributed by atoms with Crippen LogP contribution in [0.5, 0.6) is 0 Å². The van der Waals surface area contributed by atoms with E-state index in [9.17, 15) is 4.79 Å². The van der Waals surface area contributed by atoms with Gasteiger partial charge >= 0.3 is 0 Å². The molecule has 0 aliphatic heterocycles. The van der Waals surface area contributed by atoms with Crippen LogP contribution in [0.1, 0.15) is 51.1 Å². The van der Waals surface area contributed by atoms with Gasteiger partial charge in [0, 0.05) is 41.2 Å². The number of fused-ring (bicyclic) bond motifs is 1. The molecule has 3 aromatic heterocycles. The summed E-state index contributed by atoms with van der Waals surface area (Å²) in [6.07, 6.45) is 4.66. The van der Waals surface area contributed by atoms with Crippen molar-refractivity contribution in [3.05, 3.63) is 90.0 Å². The van der Waals surface area contributed by atoms with E-state index in [1.807, 2.05) is 75.4 Å². The summed E-state index contributed by atoms with van der Waals surface area (Å²) in [5.74, 6) is 0.602. The number of aromatic amines is 1. The summed E-state index contributed by atoms with van der Waals surface area (Å²) in [7, 11) is 0. The lowest BCUT2D eigenvalue weighted by atomic mass is 9.92. The number of nitrogen functional groups attached to an aromatic ring is 1. The van der Waals surface area contributed by atoms with Crippen LogP contribution >= 0.6 is 0 Å². The molecule has 202 valence electrons. The number of nitrogens with zero attached hydrogens (tertiary/aromatic N) is 3. The normalized spacial score (nSPS) is 11.5. The highest BCUT2D eigenvalue weighted by atomic mass is 16.1. The number of rotatable bonds is 7. The molecule has 0 unspecified atom stereocenters. The van der Waals surface area contributed by atoms with Crippen LogP contribution < -0.4 is 11.1 Å². The summed E-state index contributed by atoms with van der Waals surface area (Å²) >= 11 is 0. The number of amides is 1. The Kier molecular flexibility index (Phi) is 7.17. The predicted octanol–water partition coefficient (Wildman–Crippen LogP) is 6.62. The Morgan fingerprint density at radius 2 is 1.85 bits per heavy atom. The lowest BCUT2D eigenvalue weighted by molar-refractivity contribution is -0.117. The number of carbonyl (C=O) groups excluding carboxylic acids is 1. The molecule has 0 fully saturated rings. The minimum absolute atomic E-state index is 0.0282. The Morgan fingerprint density at radius 1 is 1.02 bits per heavy atom. The zero-order chi connectivity index (χ0) is 28.4. The van der Waals surface area contributed by atoms with E-state index in [0.29, 0.717) is 17.8 Å². The third kappa shape index (κ3) is 5.76. The molecule has 2 aromatic carbocycles. The second kappa shape index (κ2) is 10.7. The molecule has 0 aliphatic rings. The molecule has 0 aliphatic carbocycles. The number of H-pyrrole nitrogens is 1. The Morgan fingerprint density at radius 3 is 2.58 bits per heavy atom. The lowest BCUT2D eigenvalue weighted by Crippen LogP contribution is -2.19. The molecule has 8 heteroatoms. The monoisotopic (exact) mass is 531 g/mol. The first-order chi connectivity index (χ1) is 19.1. The van der Waals surface area contributed by atoms with Crippen molar-refractivity contribution < 1.29 is 4.79 Å². The van der Waals surface area contributed by atoms with Crippen molar-refractivity contribution in [1.82, 2.24) is 19.9 Å². The van der Waals surface area contributed by atoms with E-state index >= 15 is 0 Å². The van der Waals surface area contributed by atoms with Gasteiger partial charge in [-0.15, -0.1) is 0 Å². The third-order valence-corrected chi connectivity index (χ3v) is 6.59. The summed E-state index contributed by atoms with van der Waals surface area (Å²) in [4.78, 5) is 29.5. The number of nitrogens with two attached hydrogens (primary N) is 1. The Bertz CT molecular complexity index is 1720. The van der Waals surface area contributed by atoms with Crippen molar-refractivity contribution in [2.24, 2.45) is 5.41 Å². The van der Waals surface area contributed by atoms with Crippen LogP contribution in [-0.4, -0.2) is 31.6 Å². The van der Waals surface area contributed by atoms with Gasteiger partial charge in [0.15, 0.2) is 5.82 Å². The number of hydrogen-bond donors (Lipinski definition) is 4. The summed E-state index contributed by atoms with van der Waals surface area (Å²) in [5.41, 5.74) is 13.5. The predicted molar refractivity (Wildman–Crippen MR) is 161 cm³/mol. The first kappa shape index (κ1) is 26.7. The third-order valence-electron chi connectivity index (χ3n) is 6.59. The minimum atomic E-state index is -0.111. The van der Waals surface area contributed by atoms with E-state index < -0.39 is 0 Å². The van der Waals surface area contributed by atoms with Gasteiger partial charge in [0.1, 0.15) is 11.5 Å². The quantitative estimate of drug-likeness (QED) is 0.175. The van der Waals surface area contributed by atoms with E-state index in [-0.39, 0.29) is 22.9 Å². The standard InChI is InChI=1S/C32H33N7O/c1-5-19-13-20(15-22(14-19)37-27(40)17-32(2,3)4)21-16-24(30(34)36-18-21)28(33)31-38-26-11-8-9-23(29(26)39-31)25-10-6-7-12-35-25/h6-16,18,33H,5,17H2,1-4H3,(H2,34,36)(H,37,40)(H,38,39). The molecule has 0 radical (unpaired) electrons. The molecule has 5 aromatic rings. The van der Waals surface area contributed by atoms with Gasteiger partial charge < -0.3 is 16.0 Å². The number of carbonyl (C=O) groups is 1. The molecule has 40 heavy (non-hydrogen) atoms. The summed E-state index contributed by atoms with van der Waals surface area (Å²) < 4.78 is 0. The highest BCUT2D eigenvalue weighted by Crippen LogP contribution is 2.30. The highest BCUT2D eigenvalue weighted by Gasteiger charge is 2.19. The number of benzene rings is 2. The molecular weight excluding hydrogens is 498 g/mol. The van der Waals surface area contributed by atoms with E-state index in [0.717, 1.165) is 51.1 Å². The molecule has 0 saturated carbocycles. The van der Waals surface area contributed by atoms with Crippen LogP contribution in [0.2, 0.25) is 0 Å². The van der Waals surface area contributed by atoms with Crippen molar-refractivity contribution in [2.45, 2.75) is 40.5 Å². The van der Waals surface area contributed by atoms with E-state index in [1.54, 1.807) is 12.4 Å². The van der Waals surface area contributed by atoms with Crippen molar-refractivity contribution in [2.75, 3.05) is 11.1 Å². The summed E-state index contributed by atoms with van der Waals surface area (Å²) in [5, 5.41) is 12.0. The zero-order valence-corrected chi connectivity index (χ0v) is 23.2. The van der Waals surface area contributed by atoms with Crippen LogP contribution in [0, 0.1) is 10.8 Å². The van der Waals surface area contributed by atoms with Gasteiger partial charge in [-0.1, -0.05) is 52.0 Å². The van der Waals surface area contributed by atoms with Gasteiger partial charge in [0.25, 0.3) is 0 Å². The first-order valence-corrected chi connectivity index (χ1v) is 13.3.